The summed E-state index contributed by atoms with van der Waals surface area (Å²) in [4.78, 5) is 52.5. The highest BCUT2D eigenvalue weighted by Gasteiger charge is 2.68. The van der Waals surface area contributed by atoms with Crippen LogP contribution in [0.5, 0.6) is 0 Å². The Balaban J connectivity index is 1.68. The lowest BCUT2D eigenvalue weighted by Gasteiger charge is -2.63. The summed E-state index contributed by atoms with van der Waals surface area (Å²) in [6, 6.07) is 1.83. The molecule has 206 valence electrons. The van der Waals surface area contributed by atoms with Crippen molar-refractivity contribution in [3.05, 3.63) is 35.3 Å². The van der Waals surface area contributed by atoms with Gasteiger partial charge in [0.05, 0.1) is 32.0 Å². The van der Waals surface area contributed by atoms with Crippen LogP contribution in [0.25, 0.3) is 0 Å². The predicted octanol–water partition coefficient (Wildman–Crippen LogP) is 5.12. The molecule has 8 nitrogen and oxygen atoms in total. The summed E-state index contributed by atoms with van der Waals surface area (Å²) < 4.78 is 22.3. The Morgan fingerprint density at radius 3 is 2.50 bits per heavy atom. The summed E-state index contributed by atoms with van der Waals surface area (Å²) in [5, 5.41) is 0. The minimum atomic E-state index is -0.869. The van der Waals surface area contributed by atoms with Gasteiger partial charge < -0.3 is 18.6 Å². The molecule has 1 aromatic rings. The van der Waals surface area contributed by atoms with Crippen LogP contribution in [0, 0.1) is 34.0 Å². The van der Waals surface area contributed by atoms with Crippen molar-refractivity contribution in [2.75, 3.05) is 7.11 Å². The molecule has 1 aromatic heterocycles. The maximum atomic E-state index is 14.3. The van der Waals surface area contributed by atoms with Crippen molar-refractivity contribution in [2.24, 2.45) is 34.0 Å². The Kier molecular flexibility index (Phi) is 6.39. The third-order valence-electron chi connectivity index (χ3n) is 10.3. The van der Waals surface area contributed by atoms with E-state index in [-0.39, 0.29) is 42.9 Å². The number of methoxy groups -OCH3 is 1. The summed E-state index contributed by atoms with van der Waals surface area (Å²) in [7, 11) is 1.35. The molecule has 0 radical (unpaired) electrons. The average Bonchev–Trinajstić information content (AvgIpc) is 3.41. The highest BCUT2D eigenvalue weighted by atomic mass is 16.6. The molecule has 38 heavy (non-hydrogen) atoms. The van der Waals surface area contributed by atoms with Gasteiger partial charge in [0.15, 0.2) is 0 Å². The van der Waals surface area contributed by atoms with Crippen LogP contribution in [0.2, 0.25) is 0 Å². The van der Waals surface area contributed by atoms with Gasteiger partial charge in [0.2, 0.25) is 0 Å². The van der Waals surface area contributed by atoms with Crippen LogP contribution in [-0.2, 0) is 33.4 Å². The van der Waals surface area contributed by atoms with Gasteiger partial charge in [-0.1, -0.05) is 40.2 Å². The van der Waals surface area contributed by atoms with Crippen LogP contribution in [0.4, 0.5) is 0 Å². The van der Waals surface area contributed by atoms with Gasteiger partial charge in [-0.2, -0.15) is 0 Å². The first-order valence-corrected chi connectivity index (χ1v) is 13.6. The normalized spacial score (nSPS) is 37.6. The van der Waals surface area contributed by atoms with Crippen LogP contribution in [-0.4, -0.2) is 36.9 Å². The molecular weight excluding hydrogens is 488 g/mol. The molecule has 8 heteroatoms. The van der Waals surface area contributed by atoms with E-state index in [1.54, 1.807) is 19.5 Å². The van der Waals surface area contributed by atoms with Gasteiger partial charge in [0, 0.05) is 34.7 Å². The third-order valence-corrected chi connectivity index (χ3v) is 10.3. The molecule has 7 atom stereocenters. The van der Waals surface area contributed by atoms with Crippen molar-refractivity contribution in [2.45, 2.75) is 85.4 Å². The van der Waals surface area contributed by atoms with Crippen LogP contribution in [0.3, 0.4) is 0 Å². The van der Waals surface area contributed by atoms with Crippen molar-refractivity contribution in [3.63, 3.8) is 0 Å². The third kappa shape index (κ3) is 3.69. The van der Waals surface area contributed by atoms with E-state index < -0.39 is 46.3 Å². The standard InChI is InChI=1S/C30H38O8/c1-7-22(31)37-27-18-12-17-19(30(5,25(18)34)21(28(27,2)3)14-23(32)35-6)8-10-29(4)20(17)13-24(33)38-26(29)16-9-11-36-15-16/h9,11,15,18-19,21,26-27H,7-8,10,12-14H2,1-6H3/t18-,19?,21-,26-,27?,29+,30+/m0/s1. The van der Waals surface area contributed by atoms with Gasteiger partial charge in [-0.15, -0.1) is 0 Å². The molecule has 0 spiro atoms. The maximum Gasteiger partial charge on any atom is 0.310 e. The van der Waals surface area contributed by atoms with Gasteiger partial charge >= 0.3 is 17.9 Å². The zero-order valence-corrected chi connectivity index (χ0v) is 23.1. The Bertz CT molecular complexity index is 1190. The fourth-order valence-corrected chi connectivity index (χ4v) is 8.42. The molecule has 2 saturated carbocycles. The van der Waals surface area contributed by atoms with Gasteiger partial charge in [-0.05, 0) is 42.7 Å². The molecule has 2 bridgehead atoms. The molecule has 3 aliphatic carbocycles. The van der Waals surface area contributed by atoms with E-state index in [1.165, 1.54) is 7.11 Å². The second kappa shape index (κ2) is 9.09. The van der Waals surface area contributed by atoms with Crippen LogP contribution in [0.15, 0.2) is 34.2 Å². The largest absolute Gasteiger partial charge is 0.472 e. The zero-order chi connectivity index (χ0) is 27.6. The molecule has 5 rings (SSSR count). The second-order valence-electron chi connectivity index (χ2n) is 12.5. The van der Waals surface area contributed by atoms with E-state index in [0.29, 0.717) is 6.42 Å². The fourth-order valence-electron chi connectivity index (χ4n) is 8.42. The smallest absolute Gasteiger partial charge is 0.310 e. The minimum Gasteiger partial charge on any atom is -0.472 e. The number of carbonyl (C=O) groups is 4. The first-order valence-electron chi connectivity index (χ1n) is 13.6. The lowest BCUT2D eigenvalue weighted by atomic mass is 9.40. The molecular formula is C30H38O8. The molecule has 0 amide bonds. The number of hydrogen-bond donors (Lipinski definition) is 0. The SMILES string of the molecule is CCC(=O)OC1[C@H]2CC3=C4CC(=O)O[C@@H](c5ccoc5)[C@]4(C)CCC3[C@@](C)(C2=O)[C@@H](CC(=O)OC)C1(C)C. The first-order chi connectivity index (χ1) is 17.9. The lowest BCUT2D eigenvalue weighted by molar-refractivity contribution is -0.198. The maximum absolute atomic E-state index is 14.3. The number of rotatable bonds is 5. The summed E-state index contributed by atoms with van der Waals surface area (Å²) >= 11 is 0. The van der Waals surface area contributed by atoms with E-state index in [4.69, 9.17) is 18.6 Å². The molecule has 1 saturated heterocycles. The molecule has 4 aliphatic rings. The van der Waals surface area contributed by atoms with Crippen molar-refractivity contribution < 1.29 is 37.8 Å². The average molecular weight is 527 g/mol. The van der Waals surface area contributed by atoms with E-state index in [1.807, 2.05) is 26.8 Å². The summed E-state index contributed by atoms with van der Waals surface area (Å²) in [6.07, 6.45) is 4.34. The Morgan fingerprint density at radius 1 is 1.13 bits per heavy atom. The highest BCUT2D eigenvalue weighted by molar-refractivity contribution is 5.92. The Labute approximate surface area is 223 Å². The van der Waals surface area contributed by atoms with Gasteiger partial charge in [0.1, 0.15) is 18.0 Å². The van der Waals surface area contributed by atoms with Crippen LogP contribution < -0.4 is 0 Å². The quantitative estimate of drug-likeness (QED) is 0.296. The zero-order valence-electron chi connectivity index (χ0n) is 23.1. The number of ketones is 1. The molecule has 2 unspecified atom stereocenters. The predicted molar refractivity (Wildman–Crippen MR) is 135 cm³/mol. The number of fused-ring (bicyclic) bond motifs is 5. The monoisotopic (exact) mass is 526 g/mol. The highest BCUT2D eigenvalue weighted by Crippen LogP contribution is 2.68. The number of hydrogen-bond acceptors (Lipinski definition) is 8. The van der Waals surface area contributed by atoms with Crippen molar-refractivity contribution >= 4 is 23.7 Å². The van der Waals surface area contributed by atoms with Crippen molar-refractivity contribution in [1.82, 2.24) is 0 Å². The van der Waals surface area contributed by atoms with Crippen molar-refractivity contribution in [3.8, 4) is 0 Å². The van der Waals surface area contributed by atoms with E-state index in [2.05, 4.69) is 6.92 Å². The van der Waals surface area contributed by atoms with E-state index in [0.717, 1.165) is 29.6 Å². The molecule has 2 heterocycles. The van der Waals surface area contributed by atoms with Crippen molar-refractivity contribution in [1.29, 1.82) is 0 Å². The first kappa shape index (κ1) is 26.7. The number of furan rings is 1. The Morgan fingerprint density at radius 2 is 1.87 bits per heavy atom. The molecule has 0 aromatic carbocycles. The molecule has 3 fully saturated rings. The number of esters is 3. The minimum absolute atomic E-state index is 0.0438. The number of Topliss-reactive ketones (excluding diaryl/α,β-unsaturated/α-hetero) is 1. The Hall–Kier alpha value is -2.90. The number of allylic oxidation sites excluding steroid dienone is 1. The number of cyclic esters (lactones) is 1. The van der Waals surface area contributed by atoms with E-state index >= 15 is 0 Å². The second-order valence-corrected chi connectivity index (χ2v) is 12.5. The summed E-state index contributed by atoms with van der Waals surface area (Å²) in [5.41, 5.74) is 0.975. The summed E-state index contributed by atoms with van der Waals surface area (Å²) in [6.45, 7) is 9.85. The fraction of sp³-hybridized carbons (Fsp3) is 0.667. The molecule has 0 N–H and O–H groups in total. The van der Waals surface area contributed by atoms with E-state index in [9.17, 15) is 19.2 Å². The van der Waals surface area contributed by atoms with Crippen LogP contribution in [0.1, 0.15) is 84.8 Å². The number of carbonyl (C=O) groups excluding carboxylic acids is 4. The van der Waals surface area contributed by atoms with Gasteiger partial charge in [0.25, 0.3) is 0 Å². The topological polar surface area (TPSA) is 109 Å². The lowest BCUT2D eigenvalue weighted by Crippen LogP contribution is -2.66. The molecule has 1 aliphatic heterocycles. The van der Waals surface area contributed by atoms with Crippen LogP contribution >= 0.6 is 0 Å². The van der Waals surface area contributed by atoms with Gasteiger partial charge in [-0.3, -0.25) is 19.2 Å². The summed E-state index contributed by atoms with van der Waals surface area (Å²) in [5.74, 6) is -2.10. The number of ether oxygens (including phenoxy) is 3. The van der Waals surface area contributed by atoms with Gasteiger partial charge in [-0.25, -0.2) is 0 Å².